The van der Waals surface area contributed by atoms with Crippen LogP contribution in [0.15, 0.2) is 97.1 Å². The molecule has 262 valence electrons. The van der Waals surface area contributed by atoms with Crippen LogP contribution in [0.25, 0.3) is 40.0 Å². The van der Waals surface area contributed by atoms with Gasteiger partial charge in [0.25, 0.3) is 0 Å². The monoisotopic (exact) mass is 689 g/mol. The minimum absolute atomic E-state index is 0.0113. The van der Waals surface area contributed by atoms with E-state index >= 15 is 0 Å². The van der Waals surface area contributed by atoms with Gasteiger partial charge in [-0.15, -0.1) is 0 Å². The molecule has 0 radical (unpaired) electrons. The van der Waals surface area contributed by atoms with E-state index in [-0.39, 0.29) is 29.6 Å². The van der Waals surface area contributed by atoms with Crippen molar-refractivity contribution in [1.29, 1.82) is 5.41 Å². The molecule has 6 N–H and O–H groups in total. The van der Waals surface area contributed by atoms with Gasteiger partial charge in [0.15, 0.2) is 6.10 Å². The number of halogens is 1. The van der Waals surface area contributed by atoms with Crippen LogP contribution in [0.1, 0.15) is 37.0 Å². The second kappa shape index (κ2) is 16.6. The van der Waals surface area contributed by atoms with E-state index in [1.165, 1.54) is 18.2 Å². The van der Waals surface area contributed by atoms with Crippen molar-refractivity contribution in [2.45, 2.75) is 32.8 Å². The Morgan fingerprint density at radius 2 is 1.63 bits per heavy atom. The molecule has 0 spiro atoms. The number of nitrogens with one attached hydrogen (secondary N) is 3. The van der Waals surface area contributed by atoms with Gasteiger partial charge in [-0.3, -0.25) is 4.79 Å². The van der Waals surface area contributed by atoms with Gasteiger partial charge in [0.2, 0.25) is 5.91 Å². The molecule has 0 aliphatic heterocycles. The Balaban J connectivity index is 1.39. The number of amides is 1. The van der Waals surface area contributed by atoms with E-state index < -0.39 is 12.1 Å². The highest BCUT2D eigenvalue weighted by atomic mass is 19.1. The standard InChI is InChI=1S/C40H40FN5O5/c1-3-46(4-2)31-18-19-32(34(47)23-31)39-44-37(38(45-39)29-14-12-27(13-15-29)33(42)24-35(48)40(50)51)28-10-5-25(6-11-28)9-20-36(49)43-22-21-26-7-16-30(41)17-8-26/h5-20,23,35,42,47-48H,3-4,21-22,24H2,1-2H3,(H,43,49)(H,44,45)(H,50,51)/b20-9+,42-33?. The van der Waals surface area contributed by atoms with Crippen LogP contribution < -0.4 is 10.2 Å². The number of imidazole rings is 1. The summed E-state index contributed by atoms with van der Waals surface area (Å²) >= 11 is 0. The first-order chi connectivity index (χ1) is 24.6. The Labute approximate surface area is 295 Å². The fourth-order valence-corrected chi connectivity index (χ4v) is 5.62. The minimum atomic E-state index is -1.67. The van der Waals surface area contributed by atoms with E-state index in [1.54, 1.807) is 48.5 Å². The van der Waals surface area contributed by atoms with Crippen LogP contribution in [0.3, 0.4) is 0 Å². The molecule has 1 aromatic heterocycles. The number of nitrogens with zero attached hydrogens (tertiary/aromatic N) is 2. The fraction of sp³-hybridized carbons (Fsp3) is 0.200. The number of aliphatic hydroxyl groups is 1. The Morgan fingerprint density at radius 3 is 2.25 bits per heavy atom. The number of rotatable bonds is 15. The van der Waals surface area contributed by atoms with Gasteiger partial charge in [0, 0.05) is 60.7 Å². The molecule has 1 unspecified atom stereocenters. The highest BCUT2D eigenvalue weighted by Crippen LogP contribution is 2.37. The lowest BCUT2D eigenvalue weighted by Crippen LogP contribution is -2.23. The number of anilines is 1. The number of phenolic OH excluding ortho intramolecular Hbond substituents is 1. The molecule has 0 aliphatic carbocycles. The zero-order chi connectivity index (χ0) is 36.5. The Morgan fingerprint density at radius 1 is 0.961 bits per heavy atom. The number of aliphatic carboxylic acids is 1. The van der Waals surface area contributed by atoms with Gasteiger partial charge in [0.1, 0.15) is 17.4 Å². The predicted octanol–water partition coefficient (Wildman–Crippen LogP) is 6.68. The van der Waals surface area contributed by atoms with E-state index in [2.05, 4.69) is 29.0 Å². The summed E-state index contributed by atoms with van der Waals surface area (Å²) in [4.78, 5) is 33.9. The molecule has 0 saturated carbocycles. The molecule has 5 rings (SSSR count). The van der Waals surface area contributed by atoms with E-state index in [0.717, 1.165) is 35.5 Å². The largest absolute Gasteiger partial charge is 0.507 e. The van der Waals surface area contributed by atoms with Crippen molar-refractivity contribution in [1.82, 2.24) is 15.3 Å². The summed E-state index contributed by atoms with van der Waals surface area (Å²) in [5, 5.41) is 40.9. The second-order valence-corrected chi connectivity index (χ2v) is 11.9. The minimum Gasteiger partial charge on any atom is -0.507 e. The van der Waals surface area contributed by atoms with Crippen molar-refractivity contribution >= 4 is 29.4 Å². The average Bonchev–Trinajstić information content (AvgIpc) is 3.57. The summed E-state index contributed by atoms with van der Waals surface area (Å²) in [7, 11) is 0. The number of carboxylic acid groups (broad SMARTS) is 1. The SMILES string of the molecule is CCN(CC)c1ccc(-c2nc(-c3ccc(C(=N)CC(O)C(=O)O)cc3)c(-c3ccc(/C=C/C(=O)NCCc4ccc(F)cc4)cc3)[nH]2)c(O)c1. The predicted molar refractivity (Wildman–Crippen MR) is 197 cm³/mol. The van der Waals surface area contributed by atoms with Crippen LogP contribution >= 0.6 is 0 Å². The zero-order valence-corrected chi connectivity index (χ0v) is 28.4. The third kappa shape index (κ3) is 9.14. The van der Waals surface area contributed by atoms with E-state index in [1.807, 2.05) is 36.4 Å². The molecule has 1 amide bonds. The smallest absolute Gasteiger partial charge is 0.332 e. The number of benzene rings is 4. The number of aromatic amines is 1. The number of hydrogen-bond donors (Lipinski definition) is 6. The Bertz CT molecular complexity index is 2020. The number of carbonyl (C=O) groups excluding carboxylic acids is 1. The maximum atomic E-state index is 13.1. The first-order valence-electron chi connectivity index (χ1n) is 16.6. The van der Waals surface area contributed by atoms with E-state index in [4.69, 9.17) is 15.5 Å². The van der Waals surface area contributed by atoms with Crippen LogP contribution in [-0.4, -0.2) is 68.6 Å². The zero-order valence-electron chi connectivity index (χ0n) is 28.4. The first kappa shape index (κ1) is 36.2. The summed E-state index contributed by atoms with van der Waals surface area (Å²) in [6.07, 6.45) is 1.76. The highest BCUT2D eigenvalue weighted by molar-refractivity contribution is 6.00. The van der Waals surface area contributed by atoms with Gasteiger partial charge < -0.3 is 35.9 Å². The fourth-order valence-electron chi connectivity index (χ4n) is 5.62. The third-order valence-electron chi connectivity index (χ3n) is 8.51. The summed E-state index contributed by atoms with van der Waals surface area (Å²) in [6, 6.07) is 26.1. The highest BCUT2D eigenvalue weighted by Gasteiger charge is 2.20. The lowest BCUT2D eigenvalue weighted by molar-refractivity contribution is -0.146. The Kier molecular flexibility index (Phi) is 11.8. The lowest BCUT2D eigenvalue weighted by Gasteiger charge is -2.21. The van der Waals surface area contributed by atoms with Crippen LogP contribution in [0, 0.1) is 11.2 Å². The molecule has 11 heteroatoms. The quantitative estimate of drug-likeness (QED) is 0.0528. The van der Waals surface area contributed by atoms with Gasteiger partial charge in [-0.2, -0.15) is 0 Å². The number of hydrogen-bond acceptors (Lipinski definition) is 7. The van der Waals surface area contributed by atoms with Crippen molar-refractivity contribution < 1.29 is 29.3 Å². The molecule has 4 aromatic carbocycles. The Hall–Kier alpha value is -6.07. The number of aromatic hydroxyl groups is 1. The summed E-state index contributed by atoms with van der Waals surface area (Å²) in [6.45, 7) is 6.10. The number of carbonyl (C=O) groups is 2. The van der Waals surface area contributed by atoms with Crippen molar-refractivity contribution in [2.75, 3.05) is 24.5 Å². The van der Waals surface area contributed by atoms with Gasteiger partial charge >= 0.3 is 5.97 Å². The van der Waals surface area contributed by atoms with Crippen molar-refractivity contribution in [3.63, 3.8) is 0 Å². The summed E-state index contributed by atoms with van der Waals surface area (Å²) < 4.78 is 13.1. The molecule has 10 nitrogen and oxygen atoms in total. The topological polar surface area (TPSA) is 163 Å². The number of carboxylic acids is 1. The molecule has 0 fully saturated rings. The number of H-pyrrole nitrogens is 1. The van der Waals surface area contributed by atoms with E-state index in [9.17, 15) is 24.2 Å². The van der Waals surface area contributed by atoms with Gasteiger partial charge in [-0.1, -0.05) is 60.7 Å². The second-order valence-electron chi connectivity index (χ2n) is 11.9. The van der Waals surface area contributed by atoms with Crippen LogP contribution in [0.4, 0.5) is 10.1 Å². The number of aliphatic hydroxyl groups excluding tert-OH is 1. The third-order valence-corrected chi connectivity index (χ3v) is 8.51. The molecule has 1 atom stereocenters. The van der Waals surface area contributed by atoms with Crippen molar-refractivity contribution in [3.8, 4) is 39.7 Å². The van der Waals surface area contributed by atoms with Crippen LogP contribution in [0.2, 0.25) is 0 Å². The molecular formula is C40H40FN5O5. The van der Waals surface area contributed by atoms with Crippen molar-refractivity contribution in [3.05, 3.63) is 120 Å². The maximum absolute atomic E-state index is 13.1. The van der Waals surface area contributed by atoms with Crippen molar-refractivity contribution in [2.24, 2.45) is 0 Å². The molecule has 51 heavy (non-hydrogen) atoms. The van der Waals surface area contributed by atoms with Gasteiger partial charge in [-0.25, -0.2) is 14.2 Å². The number of phenols is 1. The molecular weight excluding hydrogens is 649 g/mol. The maximum Gasteiger partial charge on any atom is 0.332 e. The van der Waals surface area contributed by atoms with Crippen LogP contribution in [0.5, 0.6) is 5.75 Å². The molecule has 0 bridgehead atoms. The summed E-state index contributed by atoms with van der Waals surface area (Å²) in [5.41, 5.74) is 6.36. The lowest BCUT2D eigenvalue weighted by atomic mass is 9.99. The van der Waals surface area contributed by atoms with E-state index in [0.29, 0.717) is 46.9 Å². The number of aromatic nitrogens is 2. The van der Waals surface area contributed by atoms with Crippen LogP contribution in [-0.2, 0) is 16.0 Å². The first-order valence-corrected chi connectivity index (χ1v) is 16.6. The molecule has 5 aromatic rings. The van der Waals surface area contributed by atoms with Gasteiger partial charge in [0.05, 0.1) is 17.0 Å². The van der Waals surface area contributed by atoms with Gasteiger partial charge in [-0.05, 0) is 67.3 Å². The average molecular weight is 690 g/mol. The summed E-state index contributed by atoms with van der Waals surface area (Å²) in [5.74, 6) is -1.41. The molecule has 0 saturated heterocycles. The normalized spacial score (nSPS) is 11.8. The molecule has 0 aliphatic rings. The molecule has 1 heterocycles.